The van der Waals surface area contributed by atoms with Crippen LogP contribution in [-0.2, 0) is 6.54 Å². The van der Waals surface area contributed by atoms with Gasteiger partial charge in [0.15, 0.2) is 0 Å². The fourth-order valence-corrected chi connectivity index (χ4v) is 3.47. The number of pyridine rings is 1. The molecule has 1 aliphatic rings. The minimum absolute atomic E-state index is 0.137. The predicted molar refractivity (Wildman–Crippen MR) is 100 cm³/mol. The maximum Gasteiger partial charge on any atom is 0.272 e. The molecule has 1 aliphatic heterocycles. The molecule has 1 fully saturated rings. The van der Waals surface area contributed by atoms with Crippen molar-refractivity contribution in [3.63, 3.8) is 0 Å². The number of rotatable bonds is 3. The molecule has 0 bridgehead atoms. The highest BCUT2D eigenvalue weighted by atomic mass is 16.3. The lowest BCUT2D eigenvalue weighted by atomic mass is 9.91. The van der Waals surface area contributed by atoms with E-state index in [-0.39, 0.29) is 18.0 Å². The van der Waals surface area contributed by atoms with E-state index in [0.717, 1.165) is 0 Å². The number of para-hydroxylation sites is 1. The molecule has 3 heterocycles. The molecule has 7 nitrogen and oxygen atoms in total. The van der Waals surface area contributed by atoms with Crippen molar-refractivity contribution in [2.45, 2.75) is 25.0 Å². The van der Waals surface area contributed by atoms with E-state index in [1.54, 1.807) is 47.5 Å². The van der Waals surface area contributed by atoms with Crippen LogP contribution in [0.25, 0.3) is 10.9 Å². The summed E-state index contributed by atoms with van der Waals surface area (Å²) in [5, 5.41) is 11.5. The van der Waals surface area contributed by atoms with E-state index in [1.807, 2.05) is 6.07 Å². The lowest BCUT2D eigenvalue weighted by Gasteiger charge is -2.38. The Kier molecular flexibility index (Phi) is 4.45. The Morgan fingerprint density at radius 2 is 1.81 bits per heavy atom. The van der Waals surface area contributed by atoms with Gasteiger partial charge in [-0.2, -0.15) is 0 Å². The van der Waals surface area contributed by atoms with Crippen LogP contribution in [-0.4, -0.2) is 49.1 Å². The topological polar surface area (TPSA) is 88.3 Å². The maximum absolute atomic E-state index is 12.6. The average Bonchev–Trinajstić information content (AvgIpc) is 2.71. The van der Waals surface area contributed by atoms with Crippen LogP contribution in [0.5, 0.6) is 0 Å². The number of piperidine rings is 1. The Labute approximate surface area is 155 Å². The molecule has 2 aromatic heterocycles. The van der Waals surface area contributed by atoms with Crippen LogP contribution in [0.3, 0.4) is 0 Å². The van der Waals surface area contributed by atoms with Gasteiger partial charge in [-0.1, -0.05) is 18.2 Å². The molecule has 3 aromatic rings. The maximum atomic E-state index is 12.6. The van der Waals surface area contributed by atoms with Gasteiger partial charge in [0.2, 0.25) is 0 Å². The molecular formula is C20H20N4O3. The second kappa shape index (κ2) is 6.92. The van der Waals surface area contributed by atoms with E-state index in [0.29, 0.717) is 42.5 Å². The van der Waals surface area contributed by atoms with Crippen molar-refractivity contribution >= 4 is 16.8 Å². The first kappa shape index (κ1) is 17.4. The zero-order chi connectivity index (χ0) is 18.9. The molecule has 0 aliphatic carbocycles. The Morgan fingerprint density at radius 3 is 2.56 bits per heavy atom. The Bertz CT molecular complexity index is 1020. The fourth-order valence-electron chi connectivity index (χ4n) is 3.47. The van der Waals surface area contributed by atoms with Gasteiger partial charge in [0.05, 0.1) is 29.4 Å². The number of fused-ring (bicyclic) bond motifs is 1. The van der Waals surface area contributed by atoms with Crippen molar-refractivity contribution in [2.24, 2.45) is 0 Å². The predicted octanol–water partition coefficient (Wildman–Crippen LogP) is 1.46. The van der Waals surface area contributed by atoms with Gasteiger partial charge >= 0.3 is 0 Å². The largest absolute Gasteiger partial charge is 0.388 e. The third-order valence-electron chi connectivity index (χ3n) is 5.06. The molecule has 4 rings (SSSR count). The standard InChI is InChI=1S/C20H20N4O3/c25-18-15-5-1-2-6-16(15)22-14-24(18)13-20(27)8-11-23(12-9-20)19(26)17-7-3-4-10-21-17/h1-7,10,14,27H,8-9,11-13H2. The molecule has 0 saturated carbocycles. The summed E-state index contributed by atoms with van der Waals surface area (Å²) < 4.78 is 1.46. The zero-order valence-corrected chi connectivity index (χ0v) is 14.8. The first-order valence-corrected chi connectivity index (χ1v) is 8.93. The van der Waals surface area contributed by atoms with Gasteiger partial charge in [0.1, 0.15) is 5.69 Å². The second-order valence-corrected chi connectivity index (χ2v) is 6.93. The molecule has 1 amide bonds. The smallest absolute Gasteiger partial charge is 0.272 e. The molecule has 0 atom stereocenters. The zero-order valence-electron chi connectivity index (χ0n) is 14.8. The molecule has 0 unspecified atom stereocenters. The third-order valence-corrected chi connectivity index (χ3v) is 5.06. The number of hydrogen-bond donors (Lipinski definition) is 1. The number of nitrogens with zero attached hydrogens (tertiary/aromatic N) is 4. The van der Waals surface area contributed by atoms with Crippen molar-refractivity contribution in [2.75, 3.05) is 13.1 Å². The number of likely N-dealkylation sites (tertiary alicyclic amines) is 1. The van der Waals surface area contributed by atoms with E-state index in [2.05, 4.69) is 9.97 Å². The number of amides is 1. The fraction of sp³-hybridized carbons (Fsp3) is 0.300. The molecular weight excluding hydrogens is 344 g/mol. The number of carbonyl (C=O) groups excluding carboxylic acids is 1. The quantitative estimate of drug-likeness (QED) is 0.760. The number of hydrogen-bond acceptors (Lipinski definition) is 5. The van der Waals surface area contributed by atoms with Gasteiger partial charge in [0.25, 0.3) is 11.5 Å². The van der Waals surface area contributed by atoms with Gasteiger partial charge in [-0.3, -0.25) is 19.1 Å². The summed E-state index contributed by atoms with van der Waals surface area (Å²) in [6.45, 7) is 0.999. The number of carbonyl (C=O) groups is 1. The number of aliphatic hydroxyl groups is 1. The van der Waals surface area contributed by atoms with Crippen LogP contribution < -0.4 is 5.56 Å². The summed E-state index contributed by atoms with van der Waals surface area (Å²) in [6, 6.07) is 12.4. The molecule has 1 N–H and O–H groups in total. The molecule has 0 spiro atoms. The van der Waals surface area contributed by atoms with Crippen molar-refractivity contribution in [1.29, 1.82) is 0 Å². The van der Waals surface area contributed by atoms with Crippen molar-refractivity contribution in [3.05, 3.63) is 71.0 Å². The van der Waals surface area contributed by atoms with E-state index in [1.165, 1.54) is 10.9 Å². The van der Waals surface area contributed by atoms with Crippen LogP contribution in [0.15, 0.2) is 59.8 Å². The third kappa shape index (κ3) is 3.46. The summed E-state index contributed by atoms with van der Waals surface area (Å²) >= 11 is 0. The minimum atomic E-state index is -1.05. The van der Waals surface area contributed by atoms with Crippen molar-refractivity contribution in [3.8, 4) is 0 Å². The molecule has 7 heteroatoms. The number of benzene rings is 1. The van der Waals surface area contributed by atoms with Crippen LogP contribution in [0.1, 0.15) is 23.3 Å². The molecule has 0 radical (unpaired) electrons. The number of aromatic nitrogens is 3. The van der Waals surface area contributed by atoms with Gasteiger partial charge in [-0.15, -0.1) is 0 Å². The molecule has 1 aromatic carbocycles. The highest BCUT2D eigenvalue weighted by Crippen LogP contribution is 2.24. The average molecular weight is 364 g/mol. The van der Waals surface area contributed by atoms with Crippen LogP contribution >= 0.6 is 0 Å². The van der Waals surface area contributed by atoms with E-state index >= 15 is 0 Å². The SMILES string of the molecule is O=C(c1ccccn1)N1CCC(O)(Cn2cnc3ccccc3c2=O)CC1. The first-order valence-electron chi connectivity index (χ1n) is 8.93. The van der Waals surface area contributed by atoms with E-state index in [4.69, 9.17) is 0 Å². The summed E-state index contributed by atoms with van der Waals surface area (Å²) in [4.78, 5) is 35.2. The molecule has 27 heavy (non-hydrogen) atoms. The van der Waals surface area contributed by atoms with Crippen LogP contribution in [0.2, 0.25) is 0 Å². The Balaban J connectivity index is 1.48. The van der Waals surface area contributed by atoms with Crippen LogP contribution in [0.4, 0.5) is 0 Å². The van der Waals surface area contributed by atoms with E-state index < -0.39 is 5.60 Å². The summed E-state index contributed by atoms with van der Waals surface area (Å²) in [7, 11) is 0. The highest BCUT2D eigenvalue weighted by molar-refractivity contribution is 5.92. The van der Waals surface area contributed by atoms with Crippen LogP contribution in [0, 0.1) is 0 Å². The Hall–Kier alpha value is -3.06. The molecule has 138 valence electrons. The summed E-state index contributed by atoms with van der Waals surface area (Å²) in [6.07, 6.45) is 3.86. The monoisotopic (exact) mass is 364 g/mol. The highest BCUT2D eigenvalue weighted by Gasteiger charge is 2.35. The lowest BCUT2D eigenvalue weighted by Crippen LogP contribution is -2.49. The summed E-state index contributed by atoms with van der Waals surface area (Å²) in [5.74, 6) is -0.137. The van der Waals surface area contributed by atoms with Crippen molar-refractivity contribution in [1.82, 2.24) is 19.4 Å². The second-order valence-electron chi connectivity index (χ2n) is 6.93. The summed E-state index contributed by atoms with van der Waals surface area (Å²) in [5.41, 5.74) is -0.171. The van der Waals surface area contributed by atoms with Crippen molar-refractivity contribution < 1.29 is 9.90 Å². The normalized spacial score (nSPS) is 16.4. The minimum Gasteiger partial charge on any atom is -0.388 e. The molecule has 1 saturated heterocycles. The Morgan fingerprint density at radius 1 is 1.07 bits per heavy atom. The van der Waals surface area contributed by atoms with Gasteiger partial charge in [-0.05, 0) is 37.1 Å². The lowest BCUT2D eigenvalue weighted by molar-refractivity contribution is -0.0300. The van der Waals surface area contributed by atoms with Gasteiger partial charge in [-0.25, -0.2) is 4.98 Å². The van der Waals surface area contributed by atoms with Gasteiger partial charge < -0.3 is 10.0 Å². The first-order chi connectivity index (χ1) is 13.1. The van der Waals surface area contributed by atoms with E-state index in [9.17, 15) is 14.7 Å². The van der Waals surface area contributed by atoms with Gasteiger partial charge in [0, 0.05) is 19.3 Å².